The van der Waals surface area contributed by atoms with Crippen LogP contribution in [0, 0.1) is 0 Å². The minimum absolute atomic E-state index is 0.614. The third-order valence-electron chi connectivity index (χ3n) is 10.5. The molecule has 0 saturated heterocycles. The molecule has 0 amide bonds. The Labute approximate surface area is 310 Å². The van der Waals surface area contributed by atoms with Gasteiger partial charge in [0.25, 0.3) is 0 Å². The molecule has 3 heterocycles. The first kappa shape index (κ1) is 30.3. The fourth-order valence-corrected chi connectivity index (χ4v) is 7.96. The molecule has 0 unspecified atom stereocenters. The van der Waals surface area contributed by atoms with E-state index >= 15 is 0 Å². The maximum atomic E-state index is 6.66. The highest BCUT2D eigenvalue weighted by molar-refractivity contribution is 6.17. The fraction of sp³-hybridized carbons (Fsp3) is 0. The van der Waals surface area contributed by atoms with Gasteiger partial charge in [-0.2, -0.15) is 0 Å². The summed E-state index contributed by atoms with van der Waals surface area (Å²) in [4.78, 5) is 15.4. The van der Waals surface area contributed by atoms with E-state index in [1.54, 1.807) is 0 Å². The number of rotatable bonds is 5. The number of nitrogens with zero attached hydrogens (tertiary/aromatic N) is 4. The molecule has 11 rings (SSSR count). The molecule has 0 saturated carbocycles. The zero-order valence-corrected chi connectivity index (χ0v) is 29.0. The van der Waals surface area contributed by atoms with Crippen molar-refractivity contribution in [1.29, 1.82) is 0 Å². The molecule has 0 radical (unpaired) electrons. The van der Waals surface area contributed by atoms with Crippen LogP contribution in [0.15, 0.2) is 186 Å². The summed E-state index contributed by atoms with van der Waals surface area (Å²) >= 11 is 0. The summed E-state index contributed by atoms with van der Waals surface area (Å²) in [6.45, 7) is 0. The van der Waals surface area contributed by atoms with Gasteiger partial charge in [0.05, 0.1) is 11.0 Å². The van der Waals surface area contributed by atoms with Gasteiger partial charge in [0.2, 0.25) is 0 Å². The summed E-state index contributed by atoms with van der Waals surface area (Å²) in [7, 11) is 0. The van der Waals surface area contributed by atoms with E-state index in [2.05, 4.69) is 150 Å². The Morgan fingerprint density at radius 2 is 0.926 bits per heavy atom. The summed E-state index contributed by atoms with van der Waals surface area (Å²) in [5.41, 5.74) is 10.0. The Hall–Kier alpha value is -7.37. The second-order valence-electron chi connectivity index (χ2n) is 13.6. The minimum atomic E-state index is 0.614. The van der Waals surface area contributed by atoms with Crippen LogP contribution in [0.3, 0.4) is 0 Å². The molecular weight excluding hydrogens is 661 g/mol. The third-order valence-corrected chi connectivity index (χ3v) is 10.5. The Balaban J connectivity index is 1.07. The first-order valence-electron chi connectivity index (χ1n) is 18.1. The van der Waals surface area contributed by atoms with E-state index in [0.29, 0.717) is 17.5 Å². The molecule has 252 valence electrons. The monoisotopic (exact) mass is 690 g/mol. The molecular formula is C49H30N4O. The highest BCUT2D eigenvalue weighted by Gasteiger charge is 2.20. The highest BCUT2D eigenvalue weighted by atomic mass is 16.3. The third kappa shape index (κ3) is 4.76. The van der Waals surface area contributed by atoms with Gasteiger partial charge in [-0.15, -0.1) is 0 Å². The van der Waals surface area contributed by atoms with E-state index in [9.17, 15) is 0 Å². The van der Waals surface area contributed by atoms with E-state index in [-0.39, 0.29) is 0 Å². The van der Waals surface area contributed by atoms with Crippen molar-refractivity contribution in [1.82, 2.24) is 19.5 Å². The lowest BCUT2D eigenvalue weighted by molar-refractivity contribution is 0.674. The predicted octanol–water partition coefficient (Wildman–Crippen LogP) is 12.7. The number of fused-ring (bicyclic) bond motifs is 8. The van der Waals surface area contributed by atoms with Gasteiger partial charge in [-0.1, -0.05) is 152 Å². The Morgan fingerprint density at radius 3 is 1.74 bits per heavy atom. The van der Waals surface area contributed by atoms with Crippen molar-refractivity contribution in [2.75, 3.05) is 0 Å². The van der Waals surface area contributed by atoms with Gasteiger partial charge in [-0.3, -0.25) is 0 Å². The van der Waals surface area contributed by atoms with Crippen molar-refractivity contribution in [3.8, 4) is 51.0 Å². The number of hydrogen-bond donors (Lipinski definition) is 0. The molecule has 3 aromatic heterocycles. The largest absolute Gasteiger partial charge is 0.455 e. The van der Waals surface area contributed by atoms with Crippen LogP contribution in [0.5, 0.6) is 0 Å². The maximum absolute atomic E-state index is 6.66. The molecule has 0 aliphatic rings. The summed E-state index contributed by atoms with van der Waals surface area (Å²) in [6.07, 6.45) is 0. The molecule has 0 bridgehead atoms. The van der Waals surface area contributed by atoms with Crippen molar-refractivity contribution >= 4 is 54.5 Å². The van der Waals surface area contributed by atoms with Crippen LogP contribution in [0.4, 0.5) is 0 Å². The van der Waals surface area contributed by atoms with E-state index in [0.717, 1.165) is 82.6 Å². The van der Waals surface area contributed by atoms with Crippen LogP contribution in [0.25, 0.3) is 105 Å². The van der Waals surface area contributed by atoms with Crippen LogP contribution in [-0.4, -0.2) is 19.5 Å². The predicted molar refractivity (Wildman–Crippen MR) is 221 cm³/mol. The van der Waals surface area contributed by atoms with E-state index in [4.69, 9.17) is 19.4 Å². The normalized spacial score (nSPS) is 11.7. The van der Waals surface area contributed by atoms with E-state index < -0.39 is 0 Å². The van der Waals surface area contributed by atoms with Crippen LogP contribution in [0.1, 0.15) is 0 Å². The smallest absolute Gasteiger partial charge is 0.164 e. The number of hydrogen-bond acceptors (Lipinski definition) is 4. The molecule has 0 aliphatic heterocycles. The lowest BCUT2D eigenvalue weighted by Gasteiger charge is -2.11. The van der Waals surface area contributed by atoms with Gasteiger partial charge < -0.3 is 8.98 Å². The average molecular weight is 691 g/mol. The van der Waals surface area contributed by atoms with Crippen LogP contribution in [-0.2, 0) is 0 Å². The second kappa shape index (κ2) is 12.1. The molecule has 0 fully saturated rings. The molecule has 8 aromatic carbocycles. The van der Waals surface area contributed by atoms with Gasteiger partial charge in [0, 0.05) is 54.9 Å². The second-order valence-corrected chi connectivity index (χ2v) is 13.6. The average Bonchev–Trinajstić information content (AvgIpc) is 3.81. The number of para-hydroxylation sites is 3. The maximum Gasteiger partial charge on any atom is 0.164 e. The zero-order chi connectivity index (χ0) is 35.6. The van der Waals surface area contributed by atoms with Crippen molar-refractivity contribution in [3.63, 3.8) is 0 Å². The molecule has 0 atom stereocenters. The topological polar surface area (TPSA) is 56.7 Å². The molecule has 0 N–H and O–H groups in total. The molecule has 0 spiro atoms. The lowest BCUT2D eigenvalue weighted by atomic mass is 10.00. The quantitative estimate of drug-likeness (QED) is 0.180. The SMILES string of the molecule is c1ccc(-c2nc(-c3ccc(-c4cccc5c4oc4c6ccccc6ccc54)cc3)nc(-c3cccc4c3c3ccccc3n4-c3ccccc3)n2)cc1. The van der Waals surface area contributed by atoms with Crippen LogP contribution in [0.2, 0.25) is 0 Å². The standard InChI is InChI=1S/C49H30N4O/c1-3-14-33(15-4-1)47-50-48(52-49(51-47)41-22-12-24-43-44(41)40-19-9-10-23-42(40)53(43)35-16-5-2-6-17-35)34-27-25-32(26-28-34)37-20-11-21-38-39-30-29-31-13-7-8-18-36(31)46(39)54-45(37)38/h1-30H. The van der Waals surface area contributed by atoms with Crippen LogP contribution >= 0.6 is 0 Å². The summed E-state index contributed by atoms with van der Waals surface area (Å²) in [5, 5.41) is 6.76. The lowest BCUT2D eigenvalue weighted by Crippen LogP contribution is -2.00. The van der Waals surface area contributed by atoms with Gasteiger partial charge in [-0.05, 0) is 41.3 Å². The Kier molecular flexibility index (Phi) is 6.79. The number of furan rings is 1. The zero-order valence-electron chi connectivity index (χ0n) is 29.0. The summed E-state index contributed by atoms with van der Waals surface area (Å²) < 4.78 is 8.97. The Morgan fingerprint density at radius 1 is 0.352 bits per heavy atom. The molecule has 5 nitrogen and oxygen atoms in total. The summed E-state index contributed by atoms with van der Waals surface area (Å²) in [6, 6.07) is 63.1. The van der Waals surface area contributed by atoms with Gasteiger partial charge >= 0.3 is 0 Å². The van der Waals surface area contributed by atoms with Gasteiger partial charge in [0.1, 0.15) is 11.2 Å². The highest BCUT2D eigenvalue weighted by Crippen LogP contribution is 2.40. The molecule has 11 aromatic rings. The number of aromatic nitrogens is 4. The van der Waals surface area contributed by atoms with E-state index in [1.807, 2.05) is 36.4 Å². The van der Waals surface area contributed by atoms with Crippen molar-refractivity contribution < 1.29 is 4.42 Å². The minimum Gasteiger partial charge on any atom is -0.455 e. The van der Waals surface area contributed by atoms with Gasteiger partial charge in [-0.25, -0.2) is 15.0 Å². The van der Waals surface area contributed by atoms with E-state index in [1.165, 1.54) is 5.39 Å². The van der Waals surface area contributed by atoms with Gasteiger partial charge in [0.15, 0.2) is 17.5 Å². The number of benzene rings is 8. The summed E-state index contributed by atoms with van der Waals surface area (Å²) in [5.74, 6) is 1.87. The Bertz CT molecular complexity index is 3200. The van der Waals surface area contributed by atoms with Crippen molar-refractivity contribution in [2.24, 2.45) is 0 Å². The van der Waals surface area contributed by atoms with Crippen molar-refractivity contribution in [3.05, 3.63) is 182 Å². The fourth-order valence-electron chi connectivity index (χ4n) is 7.96. The first-order valence-corrected chi connectivity index (χ1v) is 18.1. The molecule has 54 heavy (non-hydrogen) atoms. The molecule has 0 aliphatic carbocycles. The first-order chi connectivity index (χ1) is 26.8. The molecule has 5 heteroatoms. The van der Waals surface area contributed by atoms with Crippen molar-refractivity contribution in [2.45, 2.75) is 0 Å². The van der Waals surface area contributed by atoms with Crippen LogP contribution < -0.4 is 0 Å².